The number of halogens is 2. The molecule has 4 rings (SSSR count). The maximum absolute atomic E-state index is 12.6. The first-order valence-electron chi connectivity index (χ1n) is 5.96. The van der Waals surface area contributed by atoms with Gasteiger partial charge in [-0.15, -0.1) is 0 Å². The van der Waals surface area contributed by atoms with Crippen LogP contribution in [-0.4, -0.2) is 15.5 Å². The third-order valence-corrected chi connectivity index (χ3v) is 4.89. The molecule has 1 aliphatic rings. The highest BCUT2D eigenvalue weighted by Gasteiger charge is 2.35. The normalized spacial score (nSPS) is 12.8. The number of aromatic nitrogens is 1. The SMILES string of the molecule is O=C1c2c(ccc(Br)c2Cl)-n2c1c(O)c1ccccc12. The Balaban J connectivity index is 2.22. The molecule has 1 aromatic heterocycles. The summed E-state index contributed by atoms with van der Waals surface area (Å²) in [6.45, 7) is 0. The fourth-order valence-corrected chi connectivity index (χ4v) is 3.32. The first-order chi connectivity index (χ1) is 9.61. The molecule has 2 aromatic carbocycles. The van der Waals surface area contributed by atoms with Crippen LogP contribution in [0.25, 0.3) is 16.6 Å². The topological polar surface area (TPSA) is 42.2 Å². The highest BCUT2D eigenvalue weighted by atomic mass is 79.9. The number of carbonyl (C=O) groups excluding carboxylic acids is 1. The molecule has 3 nitrogen and oxygen atoms in total. The predicted molar refractivity (Wildman–Crippen MR) is 81.1 cm³/mol. The molecule has 2 heterocycles. The lowest BCUT2D eigenvalue weighted by Crippen LogP contribution is -1.96. The quantitative estimate of drug-likeness (QED) is 0.515. The van der Waals surface area contributed by atoms with E-state index in [0.29, 0.717) is 26.1 Å². The summed E-state index contributed by atoms with van der Waals surface area (Å²) in [6, 6.07) is 11.0. The van der Waals surface area contributed by atoms with Gasteiger partial charge in [0.25, 0.3) is 0 Å². The zero-order valence-corrected chi connectivity index (χ0v) is 12.4. The van der Waals surface area contributed by atoms with Crippen molar-refractivity contribution in [3.8, 4) is 11.4 Å². The highest BCUT2D eigenvalue weighted by molar-refractivity contribution is 9.10. The highest BCUT2D eigenvalue weighted by Crippen LogP contribution is 2.44. The minimum Gasteiger partial charge on any atom is -0.505 e. The van der Waals surface area contributed by atoms with Gasteiger partial charge >= 0.3 is 0 Å². The smallest absolute Gasteiger partial charge is 0.217 e. The van der Waals surface area contributed by atoms with Crippen molar-refractivity contribution in [3.63, 3.8) is 0 Å². The van der Waals surface area contributed by atoms with Crippen LogP contribution in [0, 0.1) is 0 Å². The molecule has 5 heteroatoms. The van der Waals surface area contributed by atoms with Crippen LogP contribution in [0.4, 0.5) is 0 Å². The summed E-state index contributed by atoms with van der Waals surface area (Å²) in [6.07, 6.45) is 0. The van der Waals surface area contributed by atoms with Gasteiger partial charge in [-0.25, -0.2) is 0 Å². The van der Waals surface area contributed by atoms with Crippen molar-refractivity contribution in [2.75, 3.05) is 0 Å². The summed E-state index contributed by atoms with van der Waals surface area (Å²) in [5.74, 6) is -0.242. The van der Waals surface area contributed by atoms with E-state index in [1.807, 2.05) is 24.3 Å². The first-order valence-corrected chi connectivity index (χ1v) is 7.14. The molecule has 20 heavy (non-hydrogen) atoms. The fourth-order valence-electron chi connectivity index (χ4n) is 2.74. The molecule has 0 bridgehead atoms. The Hall–Kier alpha value is -1.78. The monoisotopic (exact) mass is 347 g/mol. The van der Waals surface area contributed by atoms with Crippen LogP contribution < -0.4 is 0 Å². The maximum Gasteiger partial charge on any atom is 0.217 e. The van der Waals surface area contributed by atoms with Crippen molar-refractivity contribution in [1.29, 1.82) is 0 Å². The number of hydrogen-bond acceptors (Lipinski definition) is 2. The molecule has 0 atom stereocenters. The van der Waals surface area contributed by atoms with Crippen molar-refractivity contribution >= 4 is 44.2 Å². The molecule has 98 valence electrons. The van der Waals surface area contributed by atoms with Gasteiger partial charge in [0.1, 0.15) is 5.69 Å². The molecule has 0 saturated heterocycles. The lowest BCUT2D eigenvalue weighted by atomic mass is 10.1. The Morgan fingerprint density at radius 3 is 2.70 bits per heavy atom. The number of para-hydroxylation sites is 1. The van der Waals surface area contributed by atoms with Crippen LogP contribution in [0.3, 0.4) is 0 Å². The van der Waals surface area contributed by atoms with Crippen LogP contribution in [0.2, 0.25) is 5.02 Å². The molecule has 0 aliphatic carbocycles. The Morgan fingerprint density at radius 1 is 1.15 bits per heavy atom. The van der Waals surface area contributed by atoms with Gasteiger partial charge in [-0.2, -0.15) is 0 Å². The predicted octanol–water partition coefficient (Wildman–Crippen LogP) is 4.30. The maximum atomic E-state index is 12.6. The number of ketones is 1. The standard InChI is InChI=1S/C15H7BrClNO2/c16-8-5-6-10-11(12(8)17)15(20)13-14(19)7-3-1-2-4-9(7)18(10)13/h1-6,19H. The van der Waals surface area contributed by atoms with Crippen molar-refractivity contribution < 1.29 is 9.90 Å². The zero-order chi connectivity index (χ0) is 14.0. The van der Waals surface area contributed by atoms with E-state index in [2.05, 4.69) is 15.9 Å². The van der Waals surface area contributed by atoms with Gasteiger partial charge in [0, 0.05) is 9.86 Å². The Labute approximate surface area is 127 Å². The fraction of sp³-hybridized carbons (Fsp3) is 0. The van der Waals surface area contributed by atoms with Crippen LogP contribution in [-0.2, 0) is 0 Å². The summed E-state index contributed by atoms with van der Waals surface area (Å²) in [5.41, 5.74) is 2.21. The van der Waals surface area contributed by atoms with E-state index in [9.17, 15) is 9.90 Å². The van der Waals surface area contributed by atoms with Crippen molar-refractivity contribution in [1.82, 2.24) is 4.57 Å². The van der Waals surface area contributed by atoms with E-state index in [-0.39, 0.29) is 17.2 Å². The Bertz CT molecular complexity index is 914. The second kappa shape index (κ2) is 3.87. The van der Waals surface area contributed by atoms with Crippen LogP contribution >= 0.6 is 27.5 Å². The number of carbonyl (C=O) groups is 1. The van der Waals surface area contributed by atoms with Crippen molar-refractivity contribution in [3.05, 3.63) is 57.2 Å². The average molecular weight is 349 g/mol. The van der Waals surface area contributed by atoms with Gasteiger partial charge in [0.05, 0.1) is 21.8 Å². The molecule has 3 aromatic rings. The van der Waals surface area contributed by atoms with E-state index >= 15 is 0 Å². The number of benzene rings is 2. The number of hydrogen-bond donors (Lipinski definition) is 1. The molecule has 0 radical (unpaired) electrons. The lowest BCUT2D eigenvalue weighted by molar-refractivity contribution is 0.103. The van der Waals surface area contributed by atoms with Crippen LogP contribution in [0.1, 0.15) is 16.1 Å². The third-order valence-electron chi connectivity index (χ3n) is 3.60. The molecular weight excluding hydrogens is 342 g/mol. The molecular formula is C15H7BrClNO2. The summed E-state index contributed by atoms with van der Waals surface area (Å²) < 4.78 is 2.43. The molecule has 0 amide bonds. The van der Waals surface area contributed by atoms with Crippen LogP contribution in [0.15, 0.2) is 40.9 Å². The Morgan fingerprint density at radius 2 is 1.90 bits per heavy atom. The average Bonchev–Trinajstić information content (AvgIpc) is 2.91. The van der Waals surface area contributed by atoms with Gasteiger partial charge in [0.15, 0.2) is 5.75 Å². The van der Waals surface area contributed by atoms with Gasteiger partial charge in [0.2, 0.25) is 5.78 Å². The summed E-state index contributed by atoms with van der Waals surface area (Å²) in [5, 5.41) is 11.4. The zero-order valence-electron chi connectivity index (χ0n) is 10.0. The minimum absolute atomic E-state index is 0.00832. The van der Waals surface area contributed by atoms with Gasteiger partial charge in [-0.3, -0.25) is 4.79 Å². The van der Waals surface area contributed by atoms with E-state index in [0.717, 1.165) is 5.52 Å². The van der Waals surface area contributed by atoms with E-state index in [1.165, 1.54) is 0 Å². The lowest BCUT2D eigenvalue weighted by Gasteiger charge is -2.06. The molecule has 0 saturated carbocycles. The first kappa shape index (κ1) is 12.0. The molecule has 0 fully saturated rings. The van der Waals surface area contributed by atoms with Gasteiger partial charge in [-0.05, 0) is 40.2 Å². The second-order valence-electron chi connectivity index (χ2n) is 4.63. The van der Waals surface area contributed by atoms with E-state index < -0.39 is 0 Å². The summed E-state index contributed by atoms with van der Waals surface area (Å²) >= 11 is 9.54. The molecule has 1 N–H and O–H groups in total. The molecule has 0 spiro atoms. The second-order valence-corrected chi connectivity index (χ2v) is 5.87. The minimum atomic E-state index is -0.250. The number of rotatable bonds is 0. The third kappa shape index (κ3) is 1.28. The van der Waals surface area contributed by atoms with E-state index in [4.69, 9.17) is 11.6 Å². The Kier molecular flexibility index (Phi) is 2.32. The van der Waals surface area contributed by atoms with E-state index in [1.54, 1.807) is 16.7 Å². The van der Waals surface area contributed by atoms with Crippen molar-refractivity contribution in [2.45, 2.75) is 0 Å². The number of aromatic hydroxyl groups is 1. The molecule has 0 unspecified atom stereocenters. The van der Waals surface area contributed by atoms with Gasteiger partial charge < -0.3 is 9.67 Å². The molecule has 1 aliphatic heterocycles. The van der Waals surface area contributed by atoms with Crippen molar-refractivity contribution in [2.24, 2.45) is 0 Å². The summed E-state index contributed by atoms with van der Waals surface area (Å²) in [7, 11) is 0. The van der Waals surface area contributed by atoms with Gasteiger partial charge in [-0.1, -0.05) is 23.7 Å². The number of nitrogens with zero attached hydrogens (tertiary/aromatic N) is 1. The number of fused-ring (bicyclic) bond motifs is 5. The van der Waals surface area contributed by atoms with Crippen LogP contribution in [0.5, 0.6) is 5.75 Å². The summed E-state index contributed by atoms with van der Waals surface area (Å²) in [4.78, 5) is 12.6. The largest absolute Gasteiger partial charge is 0.505 e.